The van der Waals surface area contributed by atoms with E-state index in [1.165, 1.54) is 7.11 Å². The number of nitrogens with zero attached hydrogens (tertiary/aromatic N) is 2. The Morgan fingerprint density at radius 1 is 1.03 bits per heavy atom. The molecule has 3 aromatic rings. The number of benzene rings is 2. The first-order valence-corrected chi connectivity index (χ1v) is 13.3. The van der Waals surface area contributed by atoms with Gasteiger partial charge in [0, 0.05) is 12.4 Å². The highest BCUT2D eigenvalue weighted by molar-refractivity contribution is 7.92. The molecular formula is C21H26N4O6S2. The summed E-state index contributed by atoms with van der Waals surface area (Å²) in [7, 11) is -4.82. The molecular weight excluding hydrogens is 468 g/mol. The van der Waals surface area contributed by atoms with Gasteiger partial charge in [0.25, 0.3) is 0 Å². The quantitative estimate of drug-likeness (QED) is 0.219. The second-order valence-corrected chi connectivity index (χ2v) is 10.2. The molecule has 0 spiro atoms. The maximum atomic E-state index is 12.6. The molecule has 12 heteroatoms. The van der Waals surface area contributed by atoms with Crippen molar-refractivity contribution in [1.82, 2.24) is 9.97 Å². The molecule has 0 amide bonds. The minimum atomic E-state index is -3.79. The molecule has 178 valence electrons. The van der Waals surface area contributed by atoms with Crippen molar-refractivity contribution in [1.29, 1.82) is 0 Å². The van der Waals surface area contributed by atoms with Crippen molar-refractivity contribution in [2.75, 3.05) is 35.3 Å². The Morgan fingerprint density at radius 3 is 2.36 bits per heavy atom. The van der Waals surface area contributed by atoms with Crippen LogP contribution in [-0.2, 0) is 27.1 Å². The normalized spacial score (nSPS) is 11.6. The fraction of sp³-hybridized carbons (Fsp3) is 0.333. The highest BCUT2D eigenvalue weighted by Gasteiger charge is 2.18. The molecule has 10 nitrogen and oxygen atoms in total. The number of hydrogen-bond donors (Lipinski definition) is 4. The number of rotatable bonds is 12. The van der Waals surface area contributed by atoms with E-state index in [-0.39, 0.29) is 42.6 Å². The zero-order chi connectivity index (χ0) is 23.8. The van der Waals surface area contributed by atoms with Crippen LogP contribution in [0.25, 0.3) is 11.0 Å². The lowest BCUT2D eigenvalue weighted by atomic mass is 10.1. The average molecular weight is 495 g/mol. The minimum Gasteiger partial charge on any atom is -0.495 e. The van der Waals surface area contributed by atoms with E-state index in [2.05, 4.69) is 20.0 Å². The van der Waals surface area contributed by atoms with Crippen LogP contribution >= 0.6 is 0 Å². The molecule has 0 bridgehead atoms. The lowest BCUT2D eigenvalue weighted by Gasteiger charge is -2.16. The summed E-state index contributed by atoms with van der Waals surface area (Å²) in [4.78, 5) is 8.96. The Bertz CT molecular complexity index is 1290. The number of unbranched alkanes of at least 4 members (excludes halogenated alkanes) is 1. The summed E-state index contributed by atoms with van der Waals surface area (Å²) >= 11 is 0. The number of aliphatic hydroxyl groups excluding tert-OH is 1. The molecule has 0 saturated carbocycles. The molecule has 0 aliphatic carbocycles. The van der Waals surface area contributed by atoms with Crippen LogP contribution in [0.3, 0.4) is 0 Å². The number of para-hydroxylation sites is 2. The number of aromatic nitrogens is 2. The van der Waals surface area contributed by atoms with E-state index >= 15 is 0 Å². The minimum absolute atomic E-state index is 0.00329. The van der Waals surface area contributed by atoms with Gasteiger partial charge in [-0.3, -0.25) is 4.72 Å². The Balaban J connectivity index is 1.92. The van der Waals surface area contributed by atoms with Gasteiger partial charge in [-0.25, -0.2) is 26.8 Å². The second kappa shape index (κ2) is 11.3. The molecule has 0 unspecified atom stereocenters. The van der Waals surface area contributed by atoms with Crippen LogP contribution < -0.4 is 14.8 Å². The molecule has 3 rings (SSSR count). The molecule has 1 aromatic heterocycles. The SMILES string of the molecule is COc1cc(CCO)ccc1Nc1nc2ccccc2nc1NS(=O)(=O)CCCC[SH](=O)=O. The number of methoxy groups -OCH3 is 1. The maximum absolute atomic E-state index is 12.6. The first kappa shape index (κ1) is 24.7. The average Bonchev–Trinajstić information content (AvgIpc) is 2.78. The van der Waals surface area contributed by atoms with Crippen molar-refractivity contribution in [2.24, 2.45) is 0 Å². The lowest BCUT2D eigenvalue weighted by Crippen LogP contribution is -2.19. The molecule has 0 aliphatic rings. The lowest BCUT2D eigenvalue weighted by molar-refractivity contribution is 0.299. The first-order chi connectivity index (χ1) is 15.8. The van der Waals surface area contributed by atoms with Gasteiger partial charge in [0.1, 0.15) is 16.5 Å². The topological polar surface area (TPSA) is 148 Å². The van der Waals surface area contributed by atoms with Gasteiger partial charge < -0.3 is 15.2 Å². The summed E-state index contributed by atoms with van der Waals surface area (Å²) in [6.45, 7) is 0.00329. The summed E-state index contributed by atoms with van der Waals surface area (Å²) in [5, 5.41) is 12.3. The fourth-order valence-electron chi connectivity index (χ4n) is 3.14. The standard InChI is InChI=1S/C21H26N4O6S2/c1-31-19-14-15(10-11-26)8-9-18(19)24-20-21(23-17-7-3-2-6-16(17)22-20)25-33(29,30)13-5-4-12-32(27)28/h2-3,6-9,14,26,32H,4-5,10-13H2,1H3,(H,22,24)(H,23,25). The number of aliphatic hydroxyl groups is 1. The van der Waals surface area contributed by atoms with Gasteiger partial charge in [-0.2, -0.15) is 0 Å². The zero-order valence-electron chi connectivity index (χ0n) is 18.0. The van der Waals surface area contributed by atoms with Crippen LogP contribution in [-0.4, -0.2) is 57.1 Å². The summed E-state index contributed by atoms with van der Waals surface area (Å²) in [5.41, 5.74) is 2.50. The van der Waals surface area contributed by atoms with E-state index in [4.69, 9.17) is 9.84 Å². The Labute approximate surface area is 194 Å². The summed E-state index contributed by atoms with van der Waals surface area (Å²) in [6, 6.07) is 12.4. The summed E-state index contributed by atoms with van der Waals surface area (Å²) in [6.07, 6.45) is 0.923. The van der Waals surface area contributed by atoms with E-state index in [9.17, 15) is 16.8 Å². The molecule has 3 N–H and O–H groups in total. The number of ether oxygens (including phenoxy) is 1. The highest BCUT2D eigenvalue weighted by Crippen LogP contribution is 2.32. The number of fused-ring (bicyclic) bond motifs is 1. The number of anilines is 3. The third-order valence-electron chi connectivity index (χ3n) is 4.75. The van der Waals surface area contributed by atoms with Gasteiger partial charge in [-0.15, -0.1) is 0 Å². The van der Waals surface area contributed by atoms with Gasteiger partial charge in [-0.1, -0.05) is 18.2 Å². The monoisotopic (exact) mass is 494 g/mol. The molecule has 0 radical (unpaired) electrons. The predicted octanol–water partition coefficient (Wildman–Crippen LogP) is 2.05. The summed E-state index contributed by atoms with van der Waals surface area (Å²) < 4.78 is 54.5. The molecule has 1 heterocycles. The number of thiol groups is 1. The van der Waals surface area contributed by atoms with Crippen molar-refractivity contribution in [3.8, 4) is 5.75 Å². The van der Waals surface area contributed by atoms with Gasteiger partial charge in [0.2, 0.25) is 10.0 Å². The van der Waals surface area contributed by atoms with Crippen LogP contribution in [0, 0.1) is 0 Å². The van der Waals surface area contributed by atoms with Gasteiger partial charge in [-0.05, 0) is 49.1 Å². The molecule has 0 atom stereocenters. The molecule has 0 aliphatic heterocycles. The van der Waals surface area contributed by atoms with Gasteiger partial charge >= 0.3 is 0 Å². The van der Waals surface area contributed by atoms with Crippen molar-refractivity contribution in [3.05, 3.63) is 48.0 Å². The third-order valence-corrected chi connectivity index (χ3v) is 6.76. The Morgan fingerprint density at radius 2 is 1.73 bits per heavy atom. The molecule has 2 aromatic carbocycles. The Kier molecular flexibility index (Phi) is 8.42. The van der Waals surface area contributed by atoms with Gasteiger partial charge in [0.15, 0.2) is 11.6 Å². The Hall–Kier alpha value is -2.96. The number of nitrogens with one attached hydrogen (secondary N) is 2. The van der Waals surface area contributed by atoms with Crippen molar-refractivity contribution in [2.45, 2.75) is 19.3 Å². The van der Waals surface area contributed by atoms with E-state index in [1.54, 1.807) is 36.4 Å². The summed E-state index contributed by atoms with van der Waals surface area (Å²) in [5.74, 6) is 0.401. The smallest absolute Gasteiger partial charge is 0.233 e. The molecule has 0 saturated heterocycles. The predicted molar refractivity (Wildman–Crippen MR) is 128 cm³/mol. The molecule has 33 heavy (non-hydrogen) atoms. The number of sulfonamides is 1. The first-order valence-electron chi connectivity index (χ1n) is 10.2. The maximum Gasteiger partial charge on any atom is 0.233 e. The second-order valence-electron chi connectivity index (χ2n) is 7.23. The van der Waals surface area contributed by atoms with Gasteiger partial charge in [0.05, 0.1) is 29.6 Å². The van der Waals surface area contributed by atoms with Crippen molar-refractivity contribution >= 4 is 49.1 Å². The van der Waals surface area contributed by atoms with Crippen LogP contribution in [0.4, 0.5) is 17.3 Å². The molecule has 0 fully saturated rings. The largest absolute Gasteiger partial charge is 0.495 e. The van der Waals surface area contributed by atoms with E-state index in [0.29, 0.717) is 28.9 Å². The number of hydrogen-bond acceptors (Lipinski definition) is 9. The van der Waals surface area contributed by atoms with Crippen molar-refractivity contribution in [3.63, 3.8) is 0 Å². The highest BCUT2D eigenvalue weighted by atomic mass is 32.2. The third kappa shape index (κ3) is 7.01. The van der Waals surface area contributed by atoms with Crippen LogP contribution in [0.15, 0.2) is 42.5 Å². The van der Waals surface area contributed by atoms with Crippen LogP contribution in [0.5, 0.6) is 5.75 Å². The van der Waals surface area contributed by atoms with E-state index in [1.807, 2.05) is 6.07 Å². The zero-order valence-corrected chi connectivity index (χ0v) is 19.7. The van der Waals surface area contributed by atoms with Crippen molar-refractivity contribution < 1.29 is 26.7 Å². The van der Waals surface area contributed by atoms with Crippen LogP contribution in [0.1, 0.15) is 18.4 Å². The van der Waals surface area contributed by atoms with E-state index in [0.717, 1.165) is 5.56 Å². The van der Waals surface area contributed by atoms with E-state index < -0.39 is 20.7 Å². The fourth-order valence-corrected chi connectivity index (χ4v) is 4.75. The van der Waals surface area contributed by atoms with Crippen LogP contribution in [0.2, 0.25) is 0 Å².